The fourth-order valence-electron chi connectivity index (χ4n) is 1.67. The van der Waals surface area contributed by atoms with Gasteiger partial charge >= 0.3 is 0 Å². The van der Waals surface area contributed by atoms with Crippen LogP contribution in [0.25, 0.3) is 0 Å². The van der Waals surface area contributed by atoms with Gasteiger partial charge < -0.3 is 0 Å². The molecule has 0 bridgehead atoms. The summed E-state index contributed by atoms with van der Waals surface area (Å²) in [6.45, 7) is 2.09. The van der Waals surface area contributed by atoms with Crippen LogP contribution in [0.15, 0.2) is 35.2 Å². The summed E-state index contributed by atoms with van der Waals surface area (Å²) >= 11 is 7.34. The molecule has 2 nitrogen and oxygen atoms in total. The Morgan fingerprint density at radius 3 is 2.79 bits per heavy atom. The van der Waals surface area contributed by atoms with Gasteiger partial charge in [0, 0.05) is 10.6 Å². The molecule has 1 heterocycles. The van der Waals surface area contributed by atoms with E-state index >= 15 is 0 Å². The van der Waals surface area contributed by atoms with Gasteiger partial charge in [-0.2, -0.15) is 0 Å². The Labute approximate surface area is 121 Å². The summed E-state index contributed by atoms with van der Waals surface area (Å²) in [4.78, 5) is 9.20. The standard InChI is InChI=1S/C14H14ClFN2S/c1-2-5-10-8-13(15)18-14(17-10)9-19-12-7-4-3-6-11(12)16/h3-4,6-8H,2,5,9H2,1H3. The Hall–Kier alpha value is -1.13. The van der Waals surface area contributed by atoms with E-state index < -0.39 is 0 Å². The van der Waals surface area contributed by atoms with Gasteiger partial charge in [-0.25, -0.2) is 14.4 Å². The lowest BCUT2D eigenvalue weighted by Gasteiger charge is -2.05. The van der Waals surface area contributed by atoms with Gasteiger partial charge in [0.2, 0.25) is 0 Å². The minimum Gasteiger partial charge on any atom is -0.237 e. The molecule has 19 heavy (non-hydrogen) atoms. The molecular formula is C14H14ClFN2S. The lowest BCUT2D eigenvalue weighted by atomic mass is 10.2. The molecule has 0 saturated carbocycles. The SMILES string of the molecule is CCCc1cc(Cl)nc(CSc2ccccc2F)n1. The van der Waals surface area contributed by atoms with Gasteiger partial charge in [0.15, 0.2) is 0 Å². The maximum atomic E-state index is 13.5. The zero-order chi connectivity index (χ0) is 13.7. The average Bonchev–Trinajstić information content (AvgIpc) is 2.37. The van der Waals surface area contributed by atoms with Crippen LogP contribution in [0.1, 0.15) is 24.9 Å². The maximum Gasteiger partial charge on any atom is 0.140 e. The third-order valence-corrected chi connectivity index (χ3v) is 3.73. The number of benzene rings is 1. The number of hydrogen-bond acceptors (Lipinski definition) is 3. The lowest BCUT2D eigenvalue weighted by molar-refractivity contribution is 0.602. The maximum absolute atomic E-state index is 13.5. The number of rotatable bonds is 5. The molecule has 0 aliphatic rings. The Morgan fingerprint density at radius 2 is 2.05 bits per heavy atom. The monoisotopic (exact) mass is 296 g/mol. The van der Waals surface area contributed by atoms with Gasteiger partial charge in [-0.15, -0.1) is 11.8 Å². The Morgan fingerprint density at radius 1 is 1.26 bits per heavy atom. The molecule has 0 saturated heterocycles. The van der Waals surface area contributed by atoms with Crippen molar-refractivity contribution >= 4 is 23.4 Å². The molecule has 0 amide bonds. The van der Waals surface area contributed by atoms with Crippen LogP contribution in [-0.2, 0) is 12.2 Å². The van der Waals surface area contributed by atoms with E-state index in [9.17, 15) is 4.39 Å². The molecule has 0 fully saturated rings. The van der Waals surface area contributed by atoms with E-state index in [0.717, 1.165) is 18.5 Å². The second kappa shape index (κ2) is 6.87. The summed E-state index contributed by atoms with van der Waals surface area (Å²) in [6.07, 6.45) is 1.88. The predicted molar refractivity (Wildman–Crippen MR) is 77.0 cm³/mol. The lowest BCUT2D eigenvalue weighted by Crippen LogP contribution is -1.98. The number of aromatic nitrogens is 2. The highest BCUT2D eigenvalue weighted by molar-refractivity contribution is 7.98. The van der Waals surface area contributed by atoms with Crippen LogP contribution in [-0.4, -0.2) is 9.97 Å². The molecule has 1 aromatic carbocycles. The Balaban J connectivity index is 2.09. The van der Waals surface area contributed by atoms with Crippen molar-refractivity contribution in [3.63, 3.8) is 0 Å². The topological polar surface area (TPSA) is 25.8 Å². The first kappa shape index (κ1) is 14.3. The van der Waals surface area contributed by atoms with Crippen LogP contribution in [0, 0.1) is 5.82 Å². The van der Waals surface area contributed by atoms with Gasteiger partial charge in [-0.1, -0.05) is 37.1 Å². The Kier molecular flexibility index (Phi) is 5.16. The molecule has 0 radical (unpaired) electrons. The molecule has 2 aromatic rings. The number of halogens is 2. The van der Waals surface area contributed by atoms with Gasteiger partial charge in [-0.3, -0.25) is 0 Å². The zero-order valence-corrected chi connectivity index (χ0v) is 12.1. The summed E-state index contributed by atoms with van der Waals surface area (Å²) in [5.74, 6) is 0.936. The van der Waals surface area contributed by atoms with Crippen LogP contribution in [0.2, 0.25) is 5.15 Å². The molecule has 0 atom stereocenters. The zero-order valence-electron chi connectivity index (χ0n) is 10.6. The van der Waals surface area contributed by atoms with E-state index in [2.05, 4.69) is 16.9 Å². The van der Waals surface area contributed by atoms with Crippen molar-refractivity contribution in [2.75, 3.05) is 0 Å². The second-order valence-electron chi connectivity index (χ2n) is 4.07. The molecule has 0 unspecified atom stereocenters. The first-order valence-electron chi connectivity index (χ1n) is 6.08. The molecule has 1 aromatic heterocycles. The van der Waals surface area contributed by atoms with E-state index in [-0.39, 0.29) is 5.82 Å². The van der Waals surface area contributed by atoms with Crippen molar-refractivity contribution in [2.24, 2.45) is 0 Å². The van der Waals surface area contributed by atoms with E-state index in [1.807, 2.05) is 6.07 Å². The molecule has 5 heteroatoms. The van der Waals surface area contributed by atoms with Crippen LogP contribution in [0.4, 0.5) is 4.39 Å². The van der Waals surface area contributed by atoms with Crippen molar-refractivity contribution in [3.8, 4) is 0 Å². The highest BCUT2D eigenvalue weighted by Gasteiger charge is 2.06. The number of hydrogen-bond donors (Lipinski definition) is 0. The van der Waals surface area contributed by atoms with Gasteiger partial charge in [0.1, 0.15) is 16.8 Å². The third kappa shape index (κ3) is 4.18. The predicted octanol–water partition coefficient (Wildman–Crippen LogP) is 4.51. The normalized spacial score (nSPS) is 10.7. The van der Waals surface area contributed by atoms with E-state index in [1.54, 1.807) is 18.2 Å². The first-order valence-corrected chi connectivity index (χ1v) is 7.45. The summed E-state index contributed by atoms with van der Waals surface area (Å²) < 4.78 is 13.5. The van der Waals surface area contributed by atoms with Crippen LogP contribution < -0.4 is 0 Å². The van der Waals surface area contributed by atoms with E-state index in [1.165, 1.54) is 17.8 Å². The summed E-state index contributed by atoms with van der Waals surface area (Å²) in [7, 11) is 0. The molecule has 100 valence electrons. The van der Waals surface area contributed by atoms with Gasteiger partial charge in [0.25, 0.3) is 0 Å². The van der Waals surface area contributed by atoms with Crippen molar-refractivity contribution in [2.45, 2.75) is 30.4 Å². The van der Waals surface area contributed by atoms with Gasteiger partial charge in [0.05, 0.1) is 5.75 Å². The van der Waals surface area contributed by atoms with E-state index in [4.69, 9.17) is 11.6 Å². The highest BCUT2D eigenvalue weighted by Crippen LogP contribution is 2.24. The number of aryl methyl sites for hydroxylation is 1. The van der Waals surface area contributed by atoms with E-state index in [0.29, 0.717) is 21.6 Å². The minimum absolute atomic E-state index is 0.219. The first-order chi connectivity index (χ1) is 9.19. The largest absolute Gasteiger partial charge is 0.237 e. The van der Waals surface area contributed by atoms with Crippen molar-refractivity contribution < 1.29 is 4.39 Å². The molecule has 0 aliphatic heterocycles. The Bertz CT molecular complexity index is 563. The highest BCUT2D eigenvalue weighted by atomic mass is 35.5. The molecule has 2 rings (SSSR count). The average molecular weight is 297 g/mol. The van der Waals surface area contributed by atoms with Gasteiger partial charge in [-0.05, 0) is 24.6 Å². The molecular weight excluding hydrogens is 283 g/mol. The van der Waals surface area contributed by atoms with Crippen molar-refractivity contribution in [1.29, 1.82) is 0 Å². The summed E-state index contributed by atoms with van der Waals surface area (Å²) in [6, 6.07) is 8.46. The van der Waals surface area contributed by atoms with Crippen molar-refractivity contribution in [3.05, 3.63) is 52.8 Å². The summed E-state index contributed by atoms with van der Waals surface area (Å²) in [5.41, 5.74) is 0.937. The second-order valence-corrected chi connectivity index (χ2v) is 5.47. The third-order valence-electron chi connectivity index (χ3n) is 2.49. The minimum atomic E-state index is -0.219. The van der Waals surface area contributed by atoms with Crippen LogP contribution in [0.3, 0.4) is 0 Å². The fourth-order valence-corrected chi connectivity index (χ4v) is 2.69. The molecule has 0 spiro atoms. The van der Waals surface area contributed by atoms with Crippen molar-refractivity contribution in [1.82, 2.24) is 9.97 Å². The fraction of sp³-hybridized carbons (Fsp3) is 0.286. The number of thioether (sulfide) groups is 1. The molecule has 0 aliphatic carbocycles. The summed E-state index contributed by atoms with van der Waals surface area (Å²) in [5, 5.41) is 0.447. The quantitative estimate of drug-likeness (QED) is 0.599. The van der Waals surface area contributed by atoms with Crippen LogP contribution in [0.5, 0.6) is 0 Å². The number of nitrogens with zero attached hydrogens (tertiary/aromatic N) is 2. The smallest absolute Gasteiger partial charge is 0.140 e. The van der Waals surface area contributed by atoms with Crippen LogP contribution >= 0.6 is 23.4 Å². The molecule has 0 N–H and O–H groups in total.